The van der Waals surface area contributed by atoms with Crippen molar-refractivity contribution in [2.24, 2.45) is 5.92 Å². The lowest BCUT2D eigenvalue weighted by Gasteiger charge is -2.12. The second-order valence-corrected chi connectivity index (χ2v) is 4.34. The fourth-order valence-corrected chi connectivity index (χ4v) is 2.01. The van der Waals surface area contributed by atoms with E-state index in [0.717, 1.165) is 36.1 Å². The fraction of sp³-hybridized carbons (Fsp3) is 0.467. The van der Waals surface area contributed by atoms with Crippen molar-refractivity contribution in [3.8, 4) is 6.07 Å². The van der Waals surface area contributed by atoms with E-state index in [1.54, 1.807) is 6.20 Å². The first-order chi connectivity index (χ1) is 8.21. The summed E-state index contributed by atoms with van der Waals surface area (Å²) in [5.41, 5.74) is 2.95. The van der Waals surface area contributed by atoms with Gasteiger partial charge in [-0.05, 0) is 49.5 Å². The molecule has 0 bridgehead atoms. The summed E-state index contributed by atoms with van der Waals surface area (Å²) in [5, 5.41) is 9.25. The van der Waals surface area contributed by atoms with Gasteiger partial charge in [-0.1, -0.05) is 20.3 Å². The molecule has 0 radical (unpaired) electrons. The highest BCUT2D eigenvalue weighted by Gasteiger charge is 2.10. The Morgan fingerprint density at radius 1 is 1.53 bits per heavy atom. The van der Waals surface area contributed by atoms with Gasteiger partial charge in [0.15, 0.2) is 0 Å². The number of allylic oxidation sites excluding steroid dienone is 1. The quantitative estimate of drug-likeness (QED) is 0.711. The van der Waals surface area contributed by atoms with Crippen LogP contribution >= 0.6 is 0 Å². The van der Waals surface area contributed by atoms with E-state index in [0.29, 0.717) is 5.92 Å². The van der Waals surface area contributed by atoms with E-state index in [2.05, 4.69) is 24.9 Å². The van der Waals surface area contributed by atoms with E-state index in [1.807, 2.05) is 25.1 Å². The Labute approximate surface area is 104 Å². The van der Waals surface area contributed by atoms with E-state index < -0.39 is 0 Å². The van der Waals surface area contributed by atoms with Crippen molar-refractivity contribution in [2.75, 3.05) is 0 Å². The van der Waals surface area contributed by atoms with Crippen molar-refractivity contribution >= 4 is 6.08 Å². The van der Waals surface area contributed by atoms with E-state index in [4.69, 9.17) is 0 Å². The molecule has 1 heterocycles. The van der Waals surface area contributed by atoms with Gasteiger partial charge in [0, 0.05) is 17.5 Å². The number of nitrogens with zero attached hydrogens (tertiary/aromatic N) is 2. The minimum absolute atomic E-state index is 0.387. The number of pyridine rings is 1. The molecule has 0 aliphatic carbocycles. The molecule has 1 rings (SSSR count). The maximum absolute atomic E-state index is 9.25. The molecule has 1 atom stereocenters. The average molecular weight is 228 g/mol. The minimum atomic E-state index is 0.387. The summed E-state index contributed by atoms with van der Waals surface area (Å²) in [7, 11) is 0. The van der Waals surface area contributed by atoms with Crippen molar-refractivity contribution in [3.05, 3.63) is 35.2 Å². The Hall–Kier alpha value is -1.62. The Kier molecular flexibility index (Phi) is 5.42. The monoisotopic (exact) mass is 228 g/mol. The lowest BCUT2D eigenvalue weighted by atomic mass is 9.91. The average Bonchev–Trinajstić information content (AvgIpc) is 2.33. The number of hydrogen-bond donors (Lipinski definition) is 0. The van der Waals surface area contributed by atoms with Crippen molar-refractivity contribution in [3.63, 3.8) is 0 Å². The normalized spacial score (nSPS) is 13.2. The molecule has 0 amide bonds. The lowest BCUT2D eigenvalue weighted by Crippen LogP contribution is -2.01. The van der Waals surface area contributed by atoms with Crippen LogP contribution in [0.4, 0.5) is 0 Å². The highest BCUT2D eigenvalue weighted by Crippen LogP contribution is 2.22. The highest BCUT2D eigenvalue weighted by atomic mass is 14.6. The summed E-state index contributed by atoms with van der Waals surface area (Å²) in [4.78, 5) is 4.16. The smallest absolute Gasteiger partial charge is 0.0950 e. The molecule has 17 heavy (non-hydrogen) atoms. The lowest BCUT2D eigenvalue weighted by molar-refractivity contribution is 0.548. The Balaban J connectivity index is 2.97. The molecule has 0 saturated carbocycles. The summed E-state index contributed by atoms with van der Waals surface area (Å²) in [6.45, 7) is 6.27. The second kappa shape index (κ2) is 6.85. The Morgan fingerprint density at radius 2 is 2.29 bits per heavy atom. The van der Waals surface area contributed by atoms with Crippen LogP contribution in [-0.4, -0.2) is 4.98 Å². The van der Waals surface area contributed by atoms with Gasteiger partial charge in [0.05, 0.1) is 6.07 Å². The largest absolute Gasteiger partial charge is 0.262 e. The molecule has 1 aromatic heterocycles. The van der Waals surface area contributed by atoms with Gasteiger partial charge in [-0.15, -0.1) is 0 Å². The van der Waals surface area contributed by atoms with Crippen LogP contribution in [0.3, 0.4) is 0 Å². The number of nitriles is 1. The third-order valence-electron chi connectivity index (χ3n) is 2.94. The molecule has 0 saturated heterocycles. The standard InChI is InChI=1S/C15H20N2/c1-4-6-14(5-2)15(11-16)10-13-7-8-17-12(3)9-13/h7-10,14H,4-6H2,1-3H3/b15-10-. The first kappa shape index (κ1) is 13.4. The molecule has 0 aliphatic heterocycles. The molecule has 90 valence electrons. The first-order valence-corrected chi connectivity index (χ1v) is 6.25. The van der Waals surface area contributed by atoms with Crippen molar-refractivity contribution < 1.29 is 0 Å². The molecule has 2 nitrogen and oxygen atoms in total. The minimum Gasteiger partial charge on any atom is -0.262 e. The van der Waals surface area contributed by atoms with Crippen LogP contribution in [0, 0.1) is 24.2 Å². The molecule has 0 aromatic carbocycles. The molecule has 1 unspecified atom stereocenters. The number of hydrogen-bond acceptors (Lipinski definition) is 2. The SMILES string of the molecule is CCCC(CC)/C(C#N)=C\c1ccnc(C)c1. The van der Waals surface area contributed by atoms with Crippen molar-refractivity contribution in [2.45, 2.75) is 40.0 Å². The summed E-state index contributed by atoms with van der Waals surface area (Å²) in [6, 6.07) is 6.30. The zero-order valence-corrected chi connectivity index (χ0v) is 10.9. The van der Waals surface area contributed by atoms with Gasteiger partial charge in [0.25, 0.3) is 0 Å². The van der Waals surface area contributed by atoms with E-state index >= 15 is 0 Å². The topological polar surface area (TPSA) is 36.7 Å². The molecule has 2 heteroatoms. The highest BCUT2D eigenvalue weighted by molar-refractivity contribution is 5.57. The van der Waals surface area contributed by atoms with Crippen LogP contribution in [0.5, 0.6) is 0 Å². The predicted molar refractivity (Wildman–Crippen MR) is 71.3 cm³/mol. The van der Waals surface area contributed by atoms with Crippen molar-refractivity contribution in [1.82, 2.24) is 4.98 Å². The van der Waals surface area contributed by atoms with E-state index in [-0.39, 0.29) is 0 Å². The summed E-state index contributed by atoms with van der Waals surface area (Å²) in [6.07, 6.45) is 7.01. The molecular formula is C15H20N2. The molecule has 0 spiro atoms. The maximum atomic E-state index is 9.25. The Bertz CT molecular complexity index is 427. The van der Waals surface area contributed by atoms with Gasteiger partial charge in [0.2, 0.25) is 0 Å². The van der Waals surface area contributed by atoms with Gasteiger partial charge in [-0.3, -0.25) is 4.98 Å². The maximum Gasteiger partial charge on any atom is 0.0950 e. The predicted octanol–water partition coefficient (Wildman–Crippen LogP) is 4.12. The molecule has 0 fully saturated rings. The summed E-state index contributed by atoms with van der Waals surface area (Å²) >= 11 is 0. The summed E-state index contributed by atoms with van der Waals surface area (Å²) < 4.78 is 0. The van der Waals surface area contributed by atoms with Gasteiger partial charge in [-0.2, -0.15) is 5.26 Å². The molecule has 1 aromatic rings. The first-order valence-electron chi connectivity index (χ1n) is 6.25. The van der Waals surface area contributed by atoms with Crippen LogP contribution in [0.25, 0.3) is 6.08 Å². The van der Waals surface area contributed by atoms with Crippen molar-refractivity contribution in [1.29, 1.82) is 5.26 Å². The third kappa shape index (κ3) is 4.03. The van der Waals surface area contributed by atoms with Crippen LogP contribution in [-0.2, 0) is 0 Å². The molecule has 0 aliphatic rings. The zero-order valence-electron chi connectivity index (χ0n) is 10.9. The number of aromatic nitrogens is 1. The van der Waals surface area contributed by atoms with Crippen LogP contribution in [0.2, 0.25) is 0 Å². The van der Waals surface area contributed by atoms with Crippen LogP contribution in [0.1, 0.15) is 44.4 Å². The van der Waals surface area contributed by atoms with E-state index in [1.165, 1.54) is 0 Å². The zero-order chi connectivity index (χ0) is 12.7. The van der Waals surface area contributed by atoms with Gasteiger partial charge < -0.3 is 0 Å². The fourth-order valence-electron chi connectivity index (χ4n) is 2.01. The second-order valence-electron chi connectivity index (χ2n) is 4.34. The van der Waals surface area contributed by atoms with Gasteiger partial charge >= 0.3 is 0 Å². The van der Waals surface area contributed by atoms with Crippen LogP contribution < -0.4 is 0 Å². The van der Waals surface area contributed by atoms with Crippen LogP contribution in [0.15, 0.2) is 23.9 Å². The molecular weight excluding hydrogens is 208 g/mol. The van der Waals surface area contributed by atoms with E-state index in [9.17, 15) is 5.26 Å². The van der Waals surface area contributed by atoms with Gasteiger partial charge in [0.1, 0.15) is 0 Å². The number of aryl methyl sites for hydroxylation is 1. The number of rotatable bonds is 5. The summed E-state index contributed by atoms with van der Waals surface area (Å²) in [5.74, 6) is 0.387. The van der Waals surface area contributed by atoms with Gasteiger partial charge in [-0.25, -0.2) is 0 Å². The molecule has 0 N–H and O–H groups in total. The third-order valence-corrected chi connectivity index (χ3v) is 2.94. The Morgan fingerprint density at radius 3 is 2.82 bits per heavy atom.